The first-order chi connectivity index (χ1) is 11.3. The van der Waals surface area contributed by atoms with Gasteiger partial charge in [0.2, 0.25) is 5.13 Å². The molecule has 2 aromatic heterocycles. The van der Waals surface area contributed by atoms with E-state index in [1.54, 1.807) is 17.5 Å². The highest BCUT2D eigenvalue weighted by Crippen LogP contribution is 2.29. The lowest BCUT2D eigenvalue weighted by molar-refractivity contribution is 0.392. The highest BCUT2D eigenvalue weighted by Gasteiger charge is 2.26. The first kappa shape index (κ1) is 14.9. The molecule has 120 valence electrons. The minimum atomic E-state index is 0.618. The van der Waals surface area contributed by atoms with Gasteiger partial charge in [0.1, 0.15) is 5.69 Å². The Hall–Kier alpha value is -1.67. The fraction of sp³-hybridized carbons (Fsp3) is 0.467. The molecule has 1 saturated heterocycles. The fourth-order valence-electron chi connectivity index (χ4n) is 2.66. The molecule has 0 saturated carbocycles. The molecule has 1 atom stereocenters. The molecular formula is C15H18N6S2. The Bertz CT molecular complexity index is 693. The average molecular weight is 346 g/mol. The van der Waals surface area contributed by atoms with E-state index in [0.29, 0.717) is 5.25 Å². The van der Waals surface area contributed by atoms with Crippen LogP contribution in [-0.4, -0.2) is 63.2 Å². The van der Waals surface area contributed by atoms with Crippen molar-refractivity contribution in [3.8, 4) is 10.7 Å². The number of pyridine rings is 1. The van der Waals surface area contributed by atoms with Crippen LogP contribution in [0.3, 0.4) is 0 Å². The van der Waals surface area contributed by atoms with Crippen molar-refractivity contribution in [3.63, 3.8) is 0 Å². The van der Waals surface area contributed by atoms with Crippen molar-refractivity contribution in [1.29, 1.82) is 0 Å². The third-order valence-electron chi connectivity index (χ3n) is 3.91. The van der Waals surface area contributed by atoms with Gasteiger partial charge in [-0.05, 0) is 12.1 Å². The number of anilines is 1. The van der Waals surface area contributed by atoms with Crippen LogP contribution in [0.5, 0.6) is 0 Å². The number of aliphatic imine (C=N–C) groups is 1. The largest absolute Gasteiger partial charge is 0.348 e. The van der Waals surface area contributed by atoms with Gasteiger partial charge in [-0.1, -0.05) is 36.1 Å². The van der Waals surface area contributed by atoms with Gasteiger partial charge in [0, 0.05) is 37.6 Å². The van der Waals surface area contributed by atoms with Gasteiger partial charge in [-0.3, -0.25) is 9.98 Å². The summed E-state index contributed by atoms with van der Waals surface area (Å²) in [6, 6.07) is 5.86. The SMILES string of the molecule is C[C@@H]1CN=C(N2CCN(c3nnc(-c4ccccn4)s3)CC2)S1. The smallest absolute Gasteiger partial charge is 0.208 e. The van der Waals surface area contributed by atoms with E-state index < -0.39 is 0 Å². The molecule has 8 heteroatoms. The summed E-state index contributed by atoms with van der Waals surface area (Å²) in [4.78, 5) is 13.7. The molecule has 1 fully saturated rings. The van der Waals surface area contributed by atoms with E-state index in [9.17, 15) is 0 Å². The molecule has 23 heavy (non-hydrogen) atoms. The van der Waals surface area contributed by atoms with Gasteiger partial charge in [-0.25, -0.2) is 0 Å². The zero-order chi connectivity index (χ0) is 15.6. The summed E-state index contributed by atoms with van der Waals surface area (Å²) in [6.45, 7) is 7.10. The van der Waals surface area contributed by atoms with Gasteiger partial charge in [-0.15, -0.1) is 10.2 Å². The first-order valence-corrected chi connectivity index (χ1v) is 9.45. The molecule has 0 N–H and O–H groups in total. The number of hydrogen-bond acceptors (Lipinski definition) is 8. The van der Waals surface area contributed by atoms with Gasteiger partial charge in [-0.2, -0.15) is 0 Å². The zero-order valence-corrected chi connectivity index (χ0v) is 14.6. The molecule has 0 aliphatic carbocycles. The highest BCUT2D eigenvalue weighted by molar-refractivity contribution is 8.14. The molecule has 0 bridgehead atoms. The Labute approximate surface area is 143 Å². The summed E-state index contributed by atoms with van der Waals surface area (Å²) in [5.41, 5.74) is 0.889. The number of rotatable bonds is 2. The number of piperazine rings is 1. The summed E-state index contributed by atoms with van der Waals surface area (Å²) >= 11 is 3.51. The van der Waals surface area contributed by atoms with Gasteiger partial charge >= 0.3 is 0 Å². The lowest BCUT2D eigenvalue weighted by Gasteiger charge is -2.35. The number of thioether (sulfide) groups is 1. The van der Waals surface area contributed by atoms with Crippen LogP contribution in [0.1, 0.15) is 6.92 Å². The highest BCUT2D eigenvalue weighted by atomic mass is 32.2. The fourth-order valence-corrected chi connectivity index (χ4v) is 4.52. The van der Waals surface area contributed by atoms with Crippen molar-refractivity contribution in [1.82, 2.24) is 20.1 Å². The summed E-state index contributed by atoms with van der Waals surface area (Å²) < 4.78 is 0. The molecule has 2 aliphatic rings. The molecule has 4 rings (SSSR count). The average Bonchev–Trinajstić information content (AvgIpc) is 3.25. The van der Waals surface area contributed by atoms with Crippen molar-refractivity contribution >= 4 is 33.4 Å². The molecule has 0 aromatic carbocycles. The van der Waals surface area contributed by atoms with E-state index in [2.05, 4.69) is 36.9 Å². The van der Waals surface area contributed by atoms with E-state index in [1.807, 2.05) is 30.0 Å². The second-order valence-corrected chi connectivity index (χ2v) is 7.99. The molecule has 0 amide bonds. The van der Waals surface area contributed by atoms with E-state index in [0.717, 1.165) is 48.6 Å². The molecule has 0 radical (unpaired) electrons. The lowest BCUT2D eigenvalue weighted by Crippen LogP contribution is -2.47. The standard InChI is InChI=1S/C15H18N6S2/c1-11-10-17-14(22-11)20-6-8-21(9-7-20)15-19-18-13(23-15)12-4-2-3-5-16-12/h2-5,11H,6-10H2,1H3/t11-/m1/s1. The summed E-state index contributed by atoms with van der Waals surface area (Å²) in [5, 5.41) is 12.3. The maximum absolute atomic E-state index is 4.64. The Kier molecular flexibility index (Phi) is 4.17. The normalized spacial score (nSPS) is 21.6. The predicted octanol–water partition coefficient (Wildman–Crippen LogP) is 2.21. The second kappa shape index (κ2) is 6.45. The maximum atomic E-state index is 4.64. The van der Waals surface area contributed by atoms with Crippen molar-refractivity contribution in [2.75, 3.05) is 37.6 Å². The number of hydrogen-bond donors (Lipinski definition) is 0. The van der Waals surface area contributed by atoms with Crippen LogP contribution >= 0.6 is 23.1 Å². The maximum Gasteiger partial charge on any atom is 0.208 e. The lowest BCUT2D eigenvalue weighted by atomic mass is 10.3. The Morgan fingerprint density at radius 1 is 1.09 bits per heavy atom. The molecular weight excluding hydrogens is 328 g/mol. The minimum absolute atomic E-state index is 0.618. The van der Waals surface area contributed by atoms with Crippen molar-refractivity contribution < 1.29 is 0 Å². The van der Waals surface area contributed by atoms with E-state index in [-0.39, 0.29) is 0 Å². The van der Waals surface area contributed by atoms with E-state index in [4.69, 9.17) is 0 Å². The van der Waals surface area contributed by atoms with Crippen LogP contribution in [-0.2, 0) is 0 Å². The van der Waals surface area contributed by atoms with E-state index in [1.165, 1.54) is 5.17 Å². The molecule has 2 aliphatic heterocycles. The zero-order valence-electron chi connectivity index (χ0n) is 12.9. The topological polar surface area (TPSA) is 57.5 Å². The van der Waals surface area contributed by atoms with Gasteiger partial charge in [0.15, 0.2) is 10.2 Å². The Balaban J connectivity index is 1.40. The van der Waals surface area contributed by atoms with Crippen molar-refractivity contribution in [2.24, 2.45) is 4.99 Å². The monoisotopic (exact) mass is 346 g/mol. The quantitative estimate of drug-likeness (QED) is 0.831. The van der Waals surface area contributed by atoms with Crippen LogP contribution < -0.4 is 4.90 Å². The second-order valence-electron chi connectivity index (χ2n) is 5.63. The third kappa shape index (κ3) is 3.18. The van der Waals surface area contributed by atoms with Gasteiger partial charge in [0.05, 0.1) is 6.54 Å². The molecule has 0 unspecified atom stereocenters. The summed E-state index contributed by atoms with van der Waals surface area (Å²) in [6.07, 6.45) is 1.79. The summed E-state index contributed by atoms with van der Waals surface area (Å²) in [5.74, 6) is 0. The molecule has 4 heterocycles. The predicted molar refractivity (Wildman–Crippen MR) is 96.3 cm³/mol. The van der Waals surface area contributed by atoms with Gasteiger partial charge in [0.25, 0.3) is 0 Å². The summed E-state index contributed by atoms with van der Waals surface area (Å²) in [7, 11) is 0. The minimum Gasteiger partial charge on any atom is -0.348 e. The number of aromatic nitrogens is 3. The third-order valence-corrected chi connectivity index (χ3v) is 6.07. The molecule has 2 aromatic rings. The Morgan fingerprint density at radius 3 is 2.61 bits per heavy atom. The van der Waals surface area contributed by atoms with Crippen LogP contribution in [0.2, 0.25) is 0 Å². The van der Waals surface area contributed by atoms with Crippen LogP contribution in [0.25, 0.3) is 10.7 Å². The Morgan fingerprint density at radius 2 is 1.91 bits per heavy atom. The van der Waals surface area contributed by atoms with Crippen LogP contribution in [0.4, 0.5) is 5.13 Å². The number of nitrogens with zero attached hydrogens (tertiary/aromatic N) is 6. The van der Waals surface area contributed by atoms with Crippen molar-refractivity contribution in [3.05, 3.63) is 24.4 Å². The van der Waals surface area contributed by atoms with Crippen molar-refractivity contribution in [2.45, 2.75) is 12.2 Å². The van der Waals surface area contributed by atoms with Crippen LogP contribution in [0.15, 0.2) is 29.4 Å². The van der Waals surface area contributed by atoms with Crippen LogP contribution in [0, 0.1) is 0 Å². The number of amidine groups is 1. The van der Waals surface area contributed by atoms with E-state index >= 15 is 0 Å². The van der Waals surface area contributed by atoms with Gasteiger partial charge < -0.3 is 9.80 Å². The molecule has 6 nitrogen and oxygen atoms in total. The molecule has 0 spiro atoms. The first-order valence-electron chi connectivity index (χ1n) is 7.75.